The number of methoxy groups -OCH3 is 1. The van der Waals surface area contributed by atoms with Gasteiger partial charge in [0.05, 0.1) is 13.7 Å². The topological polar surface area (TPSA) is 120 Å². The average molecular weight is 501 g/mol. The Hall–Kier alpha value is -4.08. The van der Waals surface area contributed by atoms with Crippen LogP contribution in [0.2, 0.25) is 0 Å². The summed E-state index contributed by atoms with van der Waals surface area (Å²) in [5.41, 5.74) is 0.613. The first-order chi connectivity index (χ1) is 17.1. The van der Waals surface area contributed by atoms with E-state index in [9.17, 15) is 19.2 Å². The van der Waals surface area contributed by atoms with Crippen molar-refractivity contribution in [3.05, 3.63) is 71.8 Å². The van der Waals surface area contributed by atoms with Gasteiger partial charge >= 0.3 is 24.1 Å². The van der Waals surface area contributed by atoms with Crippen LogP contribution in [0.4, 0.5) is 9.59 Å². The van der Waals surface area contributed by atoms with Gasteiger partial charge in [0.15, 0.2) is 6.04 Å². The van der Waals surface area contributed by atoms with Gasteiger partial charge in [-0.2, -0.15) is 0 Å². The molecule has 1 atom stereocenters. The maximum Gasteiger partial charge on any atom is 0.411 e. The molecule has 0 unspecified atom stereocenters. The summed E-state index contributed by atoms with van der Waals surface area (Å²) >= 11 is 0. The van der Waals surface area contributed by atoms with Crippen molar-refractivity contribution in [2.75, 3.05) is 20.2 Å². The fourth-order valence-corrected chi connectivity index (χ4v) is 2.96. The molecule has 0 aliphatic heterocycles. The lowest BCUT2D eigenvalue weighted by Gasteiger charge is -2.31. The summed E-state index contributed by atoms with van der Waals surface area (Å²) in [6.45, 7) is 3.93. The van der Waals surface area contributed by atoms with E-state index in [2.05, 4.69) is 5.32 Å². The first kappa shape index (κ1) is 28.2. The van der Waals surface area contributed by atoms with Gasteiger partial charge in [-0.15, -0.1) is 0 Å². The van der Waals surface area contributed by atoms with Crippen LogP contribution in [-0.2, 0) is 41.8 Å². The Kier molecular flexibility index (Phi) is 10.7. The Morgan fingerprint density at radius 3 is 1.89 bits per heavy atom. The molecule has 10 nitrogen and oxygen atoms in total. The van der Waals surface area contributed by atoms with E-state index >= 15 is 0 Å². The molecule has 36 heavy (non-hydrogen) atoms. The van der Waals surface area contributed by atoms with Gasteiger partial charge in [-0.05, 0) is 31.9 Å². The van der Waals surface area contributed by atoms with Gasteiger partial charge in [0.1, 0.15) is 25.4 Å². The van der Waals surface area contributed by atoms with Crippen LogP contribution < -0.4 is 5.32 Å². The largest absolute Gasteiger partial charge is 0.467 e. The second kappa shape index (κ2) is 13.7. The number of esters is 2. The molecule has 0 bridgehead atoms. The number of rotatable bonds is 10. The van der Waals surface area contributed by atoms with Crippen LogP contribution in [0, 0.1) is 0 Å². The number of ether oxygens (including phenoxy) is 4. The van der Waals surface area contributed by atoms with Gasteiger partial charge < -0.3 is 24.3 Å². The summed E-state index contributed by atoms with van der Waals surface area (Å²) in [7, 11) is 1.13. The Bertz CT molecular complexity index is 1010. The molecule has 2 aromatic carbocycles. The Morgan fingerprint density at radius 2 is 1.39 bits per heavy atom. The van der Waals surface area contributed by atoms with Crippen LogP contribution in [0.3, 0.4) is 0 Å². The van der Waals surface area contributed by atoms with Crippen molar-refractivity contribution in [3.8, 4) is 0 Å². The van der Waals surface area contributed by atoms with Crippen molar-refractivity contribution in [2.45, 2.75) is 45.6 Å². The molecule has 2 amide bonds. The Labute approximate surface area is 210 Å². The molecule has 0 aliphatic rings. The normalized spacial score (nSPS) is 11.6. The summed E-state index contributed by atoms with van der Waals surface area (Å²) in [4.78, 5) is 51.2. The molecule has 10 heteroatoms. The molecule has 0 saturated carbocycles. The van der Waals surface area contributed by atoms with E-state index in [-0.39, 0.29) is 19.8 Å². The third-order valence-electron chi connectivity index (χ3n) is 4.67. The molecular formula is C26H32N2O8. The smallest absolute Gasteiger partial charge is 0.411 e. The van der Waals surface area contributed by atoms with Crippen molar-refractivity contribution in [3.63, 3.8) is 0 Å². The molecule has 0 aliphatic carbocycles. The molecule has 2 aromatic rings. The highest BCUT2D eigenvalue weighted by Crippen LogP contribution is 2.14. The lowest BCUT2D eigenvalue weighted by molar-refractivity contribution is -0.151. The van der Waals surface area contributed by atoms with Crippen LogP contribution in [0.1, 0.15) is 31.9 Å². The summed E-state index contributed by atoms with van der Waals surface area (Å²) in [6, 6.07) is 16.6. The van der Waals surface area contributed by atoms with Crippen LogP contribution in [0.5, 0.6) is 0 Å². The number of carbonyl (C=O) groups is 4. The van der Waals surface area contributed by atoms with Gasteiger partial charge in [-0.1, -0.05) is 60.7 Å². The zero-order valence-electron chi connectivity index (χ0n) is 20.9. The number of carbonyl (C=O) groups excluding carboxylic acids is 4. The maximum atomic E-state index is 12.9. The van der Waals surface area contributed by atoms with E-state index in [0.717, 1.165) is 23.1 Å². The SMILES string of the molecule is COC(=O)[C@H](CNC(=O)OCc1ccccc1)N(CC(=O)OCc1ccccc1)C(=O)OC(C)(C)C. The molecule has 0 heterocycles. The second-order valence-electron chi connectivity index (χ2n) is 8.74. The highest BCUT2D eigenvalue weighted by molar-refractivity contribution is 5.85. The van der Waals surface area contributed by atoms with Crippen molar-refractivity contribution >= 4 is 24.1 Å². The summed E-state index contributed by atoms with van der Waals surface area (Å²) in [5, 5.41) is 2.43. The van der Waals surface area contributed by atoms with E-state index in [1.54, 1.807) is 69.3 Å². The summed E-state index contributed by atoms with van der Waals surface area (Å²) in [5.74, 6) is -1.63. The van der Waals surface area contributed by atoms with Crippen molar-refractivity contribution in [1.29, 1.82) is 0 Å². The number of hydrogen-bond acceptors (Lipinski definition) is 8. The van der Waals surface area contributed by atoms with E-state index < -0.39 is 42.3 Å². The molecule has 1 N–H and O–H groups in total. The third kappa shape index (κ3) is 10.0. The van der Waals surface area contributed by atoms with Gasteiger partial charge in [0.25, 0.3) is 0 Å². The minimum Gasteiger partial charge on any atom is -0.467 e. The van der Waals surface area contributed by atoms with E-state index in [1.807, 2.05) is 12.1 Å². The number of alkyl carbamates (subject to hydrolysis) is 1. The van der Waals surface area contributed by atoms with E-state index in [0.29, 0.717) is 0 Å². The number of amides is 2. The monoisotopic (exact) mass is 500 g/mol. The Balaban J connectivity index is 2.09. The molecule has 0 aromatic heterocycles. The van der Waals surface area contributed by atoms with Crippen molar-refractivity contribution < 1.29 is 38.1 Å². The Morgan fingerprint density at radius 1 is 0.861 bits per heavy atom. The standard InChI is InChI=1S/C26H32N2O8/c1-26(2,3)36-25(32)28(16-22(29)34-17-19-11-7-5-8-12-19)21(23(30)33-4)15-27-24(31)35-18-20-13-9-6-10-14-20/h5-14,21H,15-18H2,1-4H3,(H,27,31)/t21-/m0/s1. The highest BCUT2D eigenvalue weighted by atomic mass is 16.6. The van der Waals surface area contributed by atoms with Gasteiger partial charge in [-0.25, -0.2) is 14.4 Å². The molecule has 0 saturated heterocycles. The third-order valence-corrected chi connectivity index (χ3v) is 4.67. The zero-order valence-corrected chi connectivity index (χ0v) is 20.9. The number of benzene rings is 2. The minimum atomic E-state index is -1.38. The van der Waals surface area contributed by atoms with Crippen LogP contribution >= 0.6 is 0 Å². The first-order valence-corrected chi connectivity index (χ1v) is 11.3. The van der Waals surface area contributed by atoms with E-state index in [1.165, 1.54) is 0 Å². The molecule has 194 valence electrons. The molecule has 0 fully saturated rings. The molecule has 0 radical (unpaired) electrons. The molecular weight excluding hydrogens is 468 g/mol. The van der Waals surface area contributed by atoms with Crippen LogP contribution in [0.15, 0.2) is 60.7 Å². The zero-order chi connectivity index (χ0) is 26.6. The predicted octanol–water partition coefficient (Wildman–Crippen LogP) is 3.43. The number of nitrogens with one attached hydrogen (secondary N) is 1. The fraction of sp³-hybridized carbons (Fsp3) is 0.385. The van der Waals surface area contributed by atoms with E-state index in [4.69, 9.17) is 18.9 Å². The fourth-order valence-electron chi connectivity index (χ4n) is 2.96. The lowest BCUT2D eigenvalue weighted by atomic mass is 10.2. The maximum absolute atomic E-state index is 12.9. The van der Waals surface area contributed by atoms with Gasteiger partial charge in [0, 0.05) is 0 Å². The number of hydrogen-bond donors (Lipinski definition) is 1. The average Bonchev–Trinajstić information content (AvgIpc) is 2.85. The highest BCUT2D eigenvalue weighted by Gasteiger charge is 2.36. The summed E-state index contributed by atoms with van der Waals surface area (Å²) in [6.07, 6.45) is -1.77. The molecule has 2 rings (SSSR count). The van der Waals surface area contributed by atoms with Gasteiger partial charge in [-0.3, -0.25) is 9.69 Å². The summed E-state index contributed by atoms with van der Waals surface area (Å²) < 4.78 is 20.6. The van der Waals surface area contributed by atoms with Crippen molar-refractivity contribution in [1.82, 2.24) is 10.2 Å². The quantitative estimate of drug-likeness (QED) is 0.389. The predicted molar refractivity (Wildman–Crippen MR) is 130 cm³/mol. The minimum absolute atomic E-state index is 0.0111. The second-order valence-corrected chi connectivity index (χ2v) is 8.74. The number of nitrogens with zero attached hydrogens (tertiary/aromatic N) is 1. The van der Waals surface area contributed by atoms with Crippen molar-refractivity contribution in [2.24, 2.45) is 0 Å². The lowest BCUT2D eigenvalue weighted by Crippen LogP contribution is -2.54. The van der Waals surface area contributed by atoms with Gasteiger partial charge in [0.2, 0.25) is 0 Å². The molecule has 0 spiro atoms. The van der Waals surface area contributed by atoms with Crippen LogP contribution in [0.25, 0.3) is 0 Å². The van der Waals surface area contributed by atoms with Crippen LogP contribution in [-0.4, -0.2) is 60.9 Å². The first-order valence-electron chi connectivity index (χ1n) is 11.3.